The molecule has 1 aromatic rings. The molecule has 18 heavy (non-hydrogen) atoms. The Labute approximate surface area is 111 Å². The van der Waals surface area contributed by atoms with Gasteiger partial charge in [-0.25, -0.2) is 0 Å². The number of hydrogen-bond acceptors (Lipinski definition) is 3. The van der Waals surface area contributed by atoms with E-state index < -0.39 is 0 Å². The Kier molecular flexibility index (Phi) is 7.46. The van der Waals surface area contributed by atoms with Crippen LogP contribution in [0.3, 0.4) is 0 Å². The van der Waals surface area contributed by atoms with E-state index in [1.807, 2.05) is 24.3 Å². The molecule has 0 aliphatic carbocycles. The Bertz CT molecular complexity index is 322. The third-order valence-corrected chi connectivity index (χ3v) is 2.94. The van der Waals surface area contributed by atoms with Crippen molar-refractivity contribution in [3.8, 4) is 5.75 Å². The normalized spacial score (nSPS) is 10.9. The average Bonchev–Trinajstić information content (AvgIpc) is 2.40. The molecule has 0 amide bonds. The molecule has 1 rings (SSSR count). The maximum absolute atomic E-state index is 5.83. The second kappa shape index (κ2) is 8.95. The fraction of sp³-hybridized carbons (Fsp3) is 0.600. The number of nitrogens with two attached hydrogens (primary N) is 1. The summed E-state index contributed by atoms with van der Waals surface area (Å²) in [5.74, 6) is 0.924. The number of ether oxygens (including phenoxy) is 1. The van der Waals surface area contributed by atoms with Gasteiger partial charge in [-0.15, -0.1) is 0 Å². The van der Waals surface area contributed by atoms with Crippen molar-refractivity contribution in [2.45, 2.75) is 33.2 Å². The van der Waals surface area contributed by atoms with Crippen molar-refractivity contribution in [2.24, 2.45) is 5.73 Å². The molecule has 0 aliphatic heterocycles. The van der Waals surface area contributed by atoms with E-state index in [0.717, 1.165) is 37.6 Å². The van der Waals surface area contributed by atoms with Crippen LogP contribution in [0.5, 0.6) is 5.75 Å². The topological polar surface area (TPSA) is 38.5 Å². The lowest BCUT2D eigenvalue weighted by Crippen LogP contribution is -2.30. The molecular weight excluding hydrogens is 224 g/mol. The van der Waals surface area contributed by atoms with Gasteiger partial charge in [-0.1, -0.05) is 32.0 Å². The third-order valence-electron chi connectivity index (χ3n) is 2.94. The maximum Gasteiger partial charge on any atom is 0.123 e. The summed E-state index contributed by atoms with van der Waals surface area (Å²) < 4.78 is 5.83. The first-order valence-corrected chi connectivity index (χ1v) is 6.94. The van der Waals surface area contributed by atoms with Crippen LogP contribution in [0.15, 0.2) is 24.3 Å². The number of rotatable bonds is 9. The minimum atomic E-state index is 0.532. The van der Waals surface area contributed by atoms with E-state index in [-0.39, 0.29) is 0 Å². The van der Waals surface area contributed by atoms with E-state index in [4.69, 9.17) is 10.5 Å². The number of nitrogens with zero attached hydrogens (tertiary/aromatic N) is 1. The zero-order valence-electron chi connectivity index (χ0n) is 11.7. The van der Waals surface area contributed by atoms with Crippen molar-refractivity contribution in [1.82, 2.24) is 4.90 Å². The van der Waals surface area contributed by atoms with Crippen LogP contribution in [0, 0.1) is 0 Å². The highest BCUT2D eigenvalue weighted by Gasteiger charge is 2.04. The first-order valence-electron chi connectivity index (χ1n) is 6.94. The van der Waals surface area contributed by atoms with Crippen molar-refractivity contribution >= 4 is 0 Å². The van der Waals surface area contributed by atoms with Crippen LogP contribution in [-0.4, -0.2) is 31.1 Å². The van der Waals surface area contributed by atoms with Crippen LogP contribution in [-0.2, 0) is 6.54 Å². The van der Waals surface area contributed by atoms with Crippen molar-refractivity contribution in [2.75, 3.05) is 26.2 Å². The minimum absolute atomic E-state index is 0.532. The highest BCUT2D eigenvalue weighted by atomic mass is 16.5. The van der Waals surface area contributed by atoms with Gasteiger partial charge in [0, 0.05) is 18.7 Å². The lowest BCUT2D eigenvalue weighted by Gasteiger charge is -2.21. The summed E-state index contributed by atoms with van der Waals surface area (Å²) in [6.45, 7) is 8.98. The third kappa shape index (κ3) is 5.07. The van der Waals surface area contributed by atoms with Gasteiger partial charge in [0.25, 0.3) is 0 Å². The molecule has 1 aromatic carbocycles. The smallest absolute Gasteiger partial charge is 0.123 e. The summed E-state index contributed by atoms with van der Waals surface area (Å²) in [6, 6.07) is 8.00. The zero-order chi connectivity index (χ0) is 13.2. The van der Waals surface area contributed by atoms with E-state index in [1.54, 1.807) is 0 Å². The Morgan fingerprint density at radius 1 is 1.06 bits per heavy atom. The van der Waals surface area contributed by atoms with Gasteiger partial charge >= 0.3 is 0 Å². The summed E-state index contributed by atoms with van der Waals surface area (Å²) in [7, 11) is 0. The lowest BCUT2D eigenvalue weighted by molar-refractivity contribution is 0.208. The molecule has 0 saturated carbocycles. The van der Waals surface area contributed by atoms with Crippen LogP contribution >= 0.6 is 0 Å². The van der Waals surface area contributed by atoms with Crippen LogP contribution in [0.1, 0.15) is 32.3 Å². The first-order chi connectivity index (χ1) is 8.81. The largest absolute Gasteiger partial charge is 0.492 e. The van der Waals surface area contributed by atoms with Gasteiger partial charge < -0.3 is 10.5 Å². The number of benzene rings is 1. The van der Waals surface area contributed by atoms with Gasteiger partial charge in [0.05, 0.1) is 0 Å². The molecule has 3 nitrogen and oxygen atoms in total. The molecule has 2 N–H and O–H groups in total. The van der Waals surface area contributed by atoms with Gasteiger partial charge in [-0.2, -0.15) is 0 Å². The Morgan fingerprint density at radius 2 is 1.72 bits per heavy atom. The van der Waals surface area contributed by atoms with Crippen LogP contribution < -0.4 is 10.5 Å². The monoisotopic (exact) mass is 250 g/mol. The molecule has 0 atom stereocenters. The zero-order valence-corrected chi connectivity index (χ0v) is 11.7. The number of para-hydroxylation sites is 1. The predicted molar refractivity (Wildman–Crippen MR) is 76.9 cm³/mol. The van der Waals surface area contributed by atoms with Gasteiger partial charge in [0.15, 0.2) is 0 Å². The molecule has 0 heterocycles. The SMILES string of the molecule is CCCN(CCC)CCOc1ccccc1CN. The second-order valence-electron chi connectivity index (χ2n) is 4.50. The summed E-state index contributed by atoms with van der Waals surface area (Å²) in [5, 5.41) is 0. The highest BCUT2D eigenvalue weighted by molar-refractivity contribution is 5.32. The van der Waals surface area contributed by atoms with E-state index in [9.17, 15) is 0 Å². The van der Waals surface area contributed by atoms with Crippen LogP contribution in [0.25, 0.3) is 0 Å². The maximum atomic E-state index is 5.83. The van der Waals surface area contributed by atoms with Crippen molar-refractivity contribution in [1.29, 1.82) is 0 Å². The van der Waals surface area contributed by atoms with Crippen molar-refractivity contribution < 1.29 is 4.74 Å². The molecule has 0 saturated heterocycles. The molecule has 3 heteroatoms. The average molecular weight is 250 g/mol. The lowest BCUT2D eigenvalue weighted by atomic mass is 10.2. The van der Waals surface area contributed by atoms with E-state index in [1.165, 1.54) is 12.8 Å². The fourth-order valence-electron chi connectivity index (χ4n) is 2.07. The Morgan fingerprint density at radius 3 is 2.33 bits per heavy atom. The Hall–Kier alpha value is -1.06. The summed E-state index contributed by atoms with van der Waals surface area (Å²) in [6.07, 6.45) is 2.39. The van der Waals surface area contributed by atoms with Crippen molar-refractivity contribution in [3.63, 3.8) is 0 Å². The highest BCUT2D eigenvalue weighted by Crippen LogP contribution is 2.16. The van der Waals surface area contributed by atoms with Crippen LogP contribution in [0.2, 0.25) is 0 Å². The molecule has 0 aliphatic rings. The molecule has 0 unspecified atom stereocenters. The standard InChI is InChI=1S/C15H26N2O/c1-3-9-17(10-4-2)11-12-18-15-8-6-5-7-14(15)13-16/h5-8H,3-4,9-13,16H2,1-2H3. The van der Waals surface area contributed by atoms with Gasteiger partial charge in [0.1, 0.15) is 12.4 Å². The van der Waals surface area contributed by atoms with Crippen LogP contribution in [0.4, 0.5) is 0 Å². The second-order valence-corrected chi connectivity index (χ2v) is 4.50. The molecule has 0 spiro atoms. The quantitative estimate of drug-likeness (QED) is 0.732. The van der Waals surface area contributed by atoms with Gasteiger partial charge in [-0.3, -0.25) is 4.90 Å². The summed E-state index contributed by atoms with van der Waals surface area (Å²) in [5.41, 5.74) is 6.77. The van der Waals surface area contributed by atoms with Gasteiger partial charge in [0.2, 0.25) is 0 Å². The van der Waals surface area contributed by atoms with Crippen molar-refractivity contribution in [3.05, 3.63) is 29.8 Å². The predicted octanol–water partition coefficient (Wildman–Crippen LogP) is 2.65. The summed E-state index contributed by atoms with van der Waals surface area (Å²) >= 11 is 0. The molecule has 0 radical (unpaired) electrons. The molecular formula is C15H26N2O. The molecule has 102 valence electrons. The first kappa shape index (κ1) is 15.0. The molecule has 0 aromatic heterocycles. The Balaban J connectivity index is 2.39. The van der Waals surface area contributed by atoms with Gasteiger partial charge in [-0.05, 0) is 32.0 Å². The van der Waals surface area contributed by atoms with E-state index >= 15 is 0 Å². The molecule has 0 bridgehead atoms. The fourth-order valence-corrected chi connectivity index (χ4v) is 2.07. The summed E-state index contributed by atoms with van der Waals surface area (Å²) in [4.78, 5) is 2.45. The molecule has 0 fully saturated rings. The van der Waals surface area contributed by atoms with E-state index in [2.05, 4.69) is 18.7 Å². The minimum Gasteiger partial charge on any atom is -0.492 e. The van der Waals surface area contributed by atoms with E-state index in [0.29, 0.717) is 6.54 Å². The number of hydrogen-bond donors (Lipinski definition) is 1.